The molecule has 0 unspecified atom stereocenters. The summed E-state index contributed by atoms with van der Waals surface area (Å²) in [6.07, 6.45) is 0. The molecule has 8 nitrogen and oxygen atoms in total. The summed E-state index contributed by atoms with van der Waals surface area (Å²) in [5, 5.41) is 22.6. The molecule has 2 aliphatic rings. The molecule has 2 N–H and O–H groups in total. The lowest BCUT2D eigenvalue weighted by molar-refractivity contribution is 0.425. The quantitative estimate of drug-likeness (QED) is 0.144. The lowest BCUT2D eigenvalue weighted by Gasteiger charge is -2.22. The summed E-state index contributed by atoms with van der Waals surface area (Å²) < 4.78 is 13.0. The van der Waals surface area contributed by atoms with Crippen LogP contribution in [0.3, 0.4) is 0 Å². The molecule has 0 saturated carbocycles. The van der Waals surface area contributed by atoms with Crippen molar-refractivity contribution in [3.63, 3.8) is 0 Å². The molecule has 0 amide bonds. The minimum absolute atomic E-state index is 0.0498. The maximum atomic E-state index is 9.24. The molecular formula is C86H62BBrN4O4. The molecule has 0 radical (unpaired) electrons. The van der Waals surface area contributed by atoms with Gasteiger partial charge in [0.15, 0.2) is 11.6 Å². The normalized spacial score (nSPS) is 12.9. The van der Waals surface area contributed by atoms with E-state index in [9.17, 15) is 10.0 Å². The molecule has 0 fully saturated rings. The van der Waals surface area contributed by atoms with Crippen LogP contribution in [0.15, 0.2) is 304 Å². The third-order valence-electron chi connectivity index (χ3n) is 19.0. The number of hydrogen-bond acceptors (Lipinski definition) is 8. The maximum Gasteiger partial charge on any atom is 0.492 e. The van der Waals surface area contributed by atoms with Crippen molar-refractivity contribution in [2.24, 2.45) is 0 Å². The molecule has 0 saturated heterocycles. The van der Waals surface area contributed by atoms with Gasteiger partial charge in [0.05, 0.1) is 22.8 Å². The van der Waals surface area contributed by atoms with Crippen molar-refractivity contribution in [1.82, 2.24) is 19.9 Å². The van der Waals surface area contributed by atoms with Gasteiger partial charge in [0.1, 0.15) is 22.3 Å². The number of hydrogen-bond donors (Lipinski definition) is 2. The first-order chi connectivity index (χ1) is 46.8. The first-order valence-corrected chi connectivity index (χ1v) is 33.0. The third-order valence-corrected chi connectivity index (χ3v) is 19.6. The number of furan rings is 2. The standard InChI is InChI=1S/C43H30N2O.C31H23BrN2.C12H9BO3/c1-43(2)36-17-8-6-13-32(36)33-24-23-30(25-37(33)43)39-26-38(44-42(45-39)29-11-4-3-5-12-29)28-21-19-27(20-22-28)31-15-10-16-35-34-14-7-9-18-40(34)46-41(31)35;1-31(2)26-11-7-6-10-24(26)25-17-14-22(18-27(25)31)29-19-28(20-12-15-23(32)16-13-20)33-30(34-29)21-8-4-3-5-9-21;14-13(15)10-6-3-5-9-8-4-1-2-7-11(8)16-12(9)10/h3-26H,1-2H3;3-19H,1-2H3;1-7,14-15H. The first-order valence-electron chi connectivity index (χ1n) is 32.2. The second kappa shape index (κ2) is 24.3. The van der Waals surface area contributed by atoms with Crippen LogP contribution in [-0.2, 0) is 10.8 Å². The highest BCUT2D eigenvalue weighted by molar-refractivity contribution is 9.10. The fourth-order valence-corrected chi connectivity index (χ4v) is 14.3. The Balaban J connectivity index is 0.000000126. The van der Waals surface area contributed by atoms with Crippen molar-refractivity contribution in [2.75, 3.05) is 0 Å². The van der Waals surface area contributed by atoms with Gasteiger partial charge in [0.2, 0.25) is 0 Å². The average Bonchev–Trinajstić information content (AvgIpc) is 1.58. The molecule has 460 valence electrons. The Morgan fingerprint density at radius 1 is 0.302 bits per heavy atom. The predicted octanol–water partition coefficient (Wildman–Crippen LogP) is 21.2. The summed E-state index contributed by atoms with van der Waals surface area (Å²) in [5.74, 6) is 1.45. The molecule has 10 heteroatoms. The topological polar surface area (TPSA) is 118 Å². The molecular weight excluding hydrogens is 1240 g/mol. The van der Waals surface area contributed by atoms with Crippen LogP contribution in [0.1, 0.15) is 49.9 Å². The molecule has 2 aliphatic carbocycles. The van der Waals surface area contributed by atoms with E-state index in [1.54, 1.807) is 12.1 Å². The van der Waals surface area contributed by atoms with Crippen LogP contribution in [0.5, 0.6) is 0 Å². The van der Waals surface area contributed by atoms with Crippen LogP contribution in [-0.4, -0.2) is 37.1 Å². The molecule has 0 atom stereocenters. The fourth-order valence-electron chi connectivity index (χ4n) is 14.0. The molecule has 0 bridgehead atoms. The van der Waals surface area contributed by atoms with E-state index >= 15 is 0 Å². The number of rotatable bonds is 8. The van der Waals surface area contributed by atoms with Gasteiger partial charge in [-0.05, 0) is 98.6 Å². The van der Waals surface area contributed by atoms with Crippen molar-refractivity contribution in [2.45, 2.75) is 38.5 Å². The van der Waals surface area contributed by atoms with Gasteiger partial charge in [-0.1, -0.05) is 286 Å². The van der Waals surface area contributed by atoms with E-state index in [0.717, 1.165) is 116 Å². The van der Waals surface area contributed by atoms with Crippen molar-refractivity contribution < 1.29 is 18.9 Å². The first kappa shape index (κ1) is 59.8. The fraction of sp³-hybridized carbons (Fsp3) is 0.0698. The monoisotopic (exact) mass is 1300 g/mol. The number of aromatic nitrogens is 4. The highest BCUT2D eigenvalue weighted by Crippen LogP contribution is 2.51. The van der Waals surface area contributed by atoms with Gasteiger partial charge in [0, 0.05) is 81.3 Å². The van der Waals surface area contributed by atoms with Crippen molar-refractivity contribution >= 4 is 72.4 Å². The van der Waals surface area contributed by atoms with Gasteiger partial charge in [-0.25, -0.2) is 19.9 Å². The number of benzene rings is 12. The second-order valence-corrected chi connectivity index (χ2v) is 26.5. The highest BCUT2D eigenvalue weighted by atomic mass is 79.9. The van der Waals surface area contributed by atoms with Gasteiger partial charge < -0.3 is 18.9 Å². The van der Waals surface area contributed by atoms with E-state index in [2.05, 4.69) is 244 Å². The minimum atomic E-state index is -1.51. The van der Waals surface area contributed by atoms with E-state index < -0.39 is 7.12 Å². The van der Waals surface area contributed by atoms with Gasteiger partial charge in [-0.3, -0.25) is 0 Å². The molecule has 18 rings (SSSR count). The average molecular weight is 1310 g/mol. The summed E-state index contributed by atoms with van der Waals surface area (Å²) in [4.78, 5) is 20.2. The van der Waals surface area contributed by atoms with Crippen LogP contribution in [0, 0.1) is 0 Å². The molecule has 4 aromatic heterocycles. The van der Waals surface area contributed by atoms with E-state index in [4.69, 9.17) is 28.8 Å². The van der Waals surface area contributed by atoms with Gasteiger partial charge in [-0.15, -0.1) is 0 Å². The number of nitrogens with zero attached hydrogens (tertiary/aromatic N) is 4. The largest absolute Gasteiger partial charge is 0.492 e. The lowest BCUT2D eigenvalue weighted by Crippen LogP contribution is -2.29. The van der Waals surface area contributed by atoms with Crippen molar-refractivity contribution in [3.8, 4) is 101 Å². The Kier molecular flexibility index (Phi) is 15.2. The van der Waals surface area contributed by atoms with Crippen LogP contribution in [0.2, 0.25) is 0 Å². The van der Waals surface area contributed by atoms with Gasteiger partial charge >= 0.3 is 7.12 Å². The minimum Gasteiger partial charge on any atom is -0.456 e. The second-order valence-electron chi connectivity index (χ2n) is 25.6. The Hall–Kier alpha value is -11.1. The van der Waals surface area contributed by atoms with Crippen molar-refractivity contribution in [3.05, 3.63) is 318 Å². The molecule has 96 heavy (non-hydrogen) atoms. The van der Waals surface area contributed by atoms with Gasteiger partial charge in [0.25, 0.3) is 0 Å². The van der Waals surface area contributed by atoms with E-state index in [0.29, 0.717) is 16.9 Å². The summed E-state index contributed by atoms with van der Waals surface area (Å²) >= 11 is 3.54. The van der Waals surface area contributed by atoms with Crippen molar-refractivity contribution in [1.29, 1.82) is 0 Å². The Morgan fingerprint density at radius 3 is 1.17 bits per heavy atom. The number of fused-ring (bicyclic) bond motifs is 12. The zero-order valence-electron chi connectivity index (χ0n) is 53.2. The Labute approximate surface area is 565 Å². The van der Waals surface area contributed by atoms with Gasteiger partial charge in [-0.2, -0.15) is 0 Å². The highest BCUT2D eigenvalue weighted by Gasteiger charge is 2.37. The molecule has 12 aromatic carbocycles. The Morgan fingerprint density at radius 2 is 0.667 bits per heavy atom. The van der Waals surface area contributed by atoms with Crippen LogP contribution in [0.25, 0.3) is 145 Å². The summed E-state index contributed by atoms with van der Waals surface area (Å²) in [5.41, 5.74) is 26.2. The summed E-state index contributed by atoms with van der Waals surface area (Å²) in [7, 11) is -1.51. The third kappa shape index (κ3) is 10.8. The zero-order chi connectivity index (χ0) is 65.2. The lowest BCUT2D eigenvalue weighted by atomic mass is 9.79. The number of para-hydroxylation sites is 4. The molecule has 0 aliphatic heterocycles. The predicted molar refractivity (Wildman–Crippen MR) is 396 cm³/mol. The zero-order valence-corrected chi connectivity index (χ0v) is 54.8. The van der Waals surface area contributed by atoms with Crippen LogP contribution < -0.4 is 5.46 Å². The SMILES string of the molecule is CC1(C)c2ccccc2-c2ccc(-c3cc(-c4ccc(-c5cccc6c5oc5ccccc56)cc4)nc(-c4ccccc4)n3)cc21.CC1(C)c2ccccc2-c2ccc(-c3cc(-c4ccc(Br)cc4)nc(-c4ccccc4)n3)cc21.OB(O)c1cccc2c1oc1ccccc12. The smallest absolute Gasteiger partial charge is 0.456 e. The van der Waals surface area contributed by atoms with Crippen LogP contribution in [0.4, 0.5) is 0 Å². The van der Waals surface area contributed by atoms with E-state index in [-0.39, 0.29) is 10.8 Å². The molecule has 0 spiro atoms. The number of halogens is 1. The summed E-state index contributed by atoms with van der Waals surface area (Å²) in [6.45, 7) is 9.25. The maximum absolute atomic E-state index is 9.24. The Bertz CT molecular complexity index is 5650. The molecule has 4 heterocycles. The van der Waals surface area contributed by atoms with E-state index in [1.165, 1.54) is 44.5 Å². The van der Waals surface area contributed by atoms with E-state index in [1.807, 2.05) is 78.9 Å². The summed E-state index contributed by atoms with van der Waals surface area (Å²) in [6, 6.07) is 100. The van der Waals surface area contributed by atoms with Crippen LogP contribution >= 0.6 is 15.9 Å². The molecule has 16 aromatic rings.